The lowest BCUT2D eigenvalue weighted by Crippen LogP contribution is -2.41. The highest BCUT2D eigenvalue weighted by Gasteiger charge is 2.48. The first-order valence-electron chi connectivity index (χ1n) is 7.35. The molecule has 2 heteroatoms. The van der Waals surface area contributed by atoms with Crippen molar-refractivity contribution in [1.29, 1.82) is 0 Å². The minimum absolute atomic E-state index is 0.299. The van der Waals surface area contributed by atoms with Crippen molar-refractivity contribution in [3.63, 3.8) is 0 Å². The number of rotatable bonds is 3. The van der Waals surface area contributed by atoms with Gasteiger partial charge in [-0.15, -0.1) is 0 Å². The summed E-state index contributed by atoms with van der Waals surface area (Å²) in [5.74, 6) is 1.83. The molecule has 1 spiro atoms. The van der Waals surface area contributed by atoms with E-state index in [-0.39, 0.29) is 0 Å². The molecule has 1 heterocycles. The SMILES string of the molecule is CCC1CCCC2(CC(=O)NC2CC(C)C)C1. The molecule has 2 fully saturated rings. The molecular formula is C15H27NO. The van der Waals surface area contributed by atoms with Crippen molar-refractivity contribution in [2.24, 2.45) is 17.3 Å². The molecule has 0 aromatic heterocycles. The molecule has 0 radical (unpaired) electrons. The van der Waals surface area contributed by atoms with E-state index in [0.717, 1.165) is 18.8 Å². The molecule has 1 saturated carbocycles. The summed E-state index contributed by atoms with van der Waals surface area (Å²) in [7, 11) is 0. The molecule has 3 unspecified atom stereocenters. The Bertz CT molecular complexity index is 287. The summed E-state index contributed by atoms with van der Waals surface area (Å²) in [5.41, 5.74) is 0.306. The topological polar surface area (TPSA) is 29.1 Å². The van der Waals surface area contributed by atoms with Gasteiger partial charge in [-0.3, -0.25) is 4.79 Å². The van der Waals surface area contributed by atoms with Gasteiger partial charge in [0, 0.05) is 12.5 Å². The predicted octanol–water partition coefficient (Wildman–Crippen LogP) is 3.51. The number of amides is 1. The largest absolute Gasteiger partial charge is 0.353 e. The summed E-state index contributed by atoms with van der Waals surface area (Å²) in [4.78, 5) is 11.8. The first-order valence-corrected chi connectivity index (χ1v) is 7.35. The zero-order valence-electron chi connectivity index (χ0n) is 11.6. The van der Waals surface area contributed by atoms with Crippen LogP contribution in [0.25, 0.3) is 0 Å². The van der Waals surface area contributed by atoms with Crippen molar-refractivity contribution in [3.8, 4) is 0 Å². The van der Waals surface area contributed by atoms with Gasteiger partial charge in [-0.1, -0.05) is 40.0 Å². The Morgan fingerprint density at radius 3 is 2.88 bits per heavy atom. The zero-order chi connectivity index (χ0) is 12.5. The van der Waals surface area contributed by atoms with E-state index in [1.165, 1.54) is 32.1 Å². The van der Waals surface area contributed by atoms with Crippen LogP contribution >= 0.6 is 0 Å². The number of carbonyl (C=O) groups excluding carboxylic acids is 1. The second kappa shape index (κ2) is 4.99. The first-order chi connectivity index (χ1) is 8.05. The highest BCUT2D eigenvalue weighted by Crippen LogP contribution is 2.49. The maximum Gasteiger partial charge on any atom is 0.220 e. The third-order valence-corrected chi connectivity index (χ3v) is 4.85. The smallest absolute Gasteiger partial charge is 0.220 e. The summed E-state index contributed by atoms with van der Waals surface area (Å²) < 4.78 is 0. The van der Waals surface area contributed by atoms with Crippen molar-refractivity contribution in [2.45, 2.75) is 71.8 Å². The van der Waals surface area contributed by atoms with E-state index in [1.54, 1.807) is 0 Å². The van der Waals surface area contributed by atoms with Crippen LogP contribution in [0, 0.1) is 17.3 Å². The van der Waals surface area contributed by atoms with Crippen LogP contribution in [0.15, 0.2) is 0 Å². The third kappa shape index (κ3) is 2.66. The number of carbonyl (C=O) groups is 1. The summed E-state index contributed by atoms with van der Waals surface area (Å²) in [5, 5.41) is 3.25. The standard InChI is InChI=1S/C15H27NO/c1-4-12-6-5-7-15(9-12)10-14(17)16-13(15)8-11(2)3/h11-13H,4-10H2,1-3H3,(H,16,17). The van der Waals surface area contributed by atoms with Crippen molar-refractivity contribution in [1.82, 2.24) is 5.32 Å². The van der Waals surface area contributed by atoms with E-state index in [2.05, 4.69) is 26.1 Å². The number of hydrogen-bond donors (Lipinski definition) is 1. The second-order valence-corrected chi connectivity index (χ2v) is 6.66. The van der Waals surface area contributed by atoms with Crippen LogP contribution in [0.2, 0.25) is 0 Å². The molecule has 0 aromatic carbocycles. The first kappa shape index (κ1) is 12.9. The Hall–Kier alpha value is -0.530. The van der Waals surface area contributed by atoms with Gasteiger partial charge < -0.3 is 5.32 Å². The lowest BCUT2D eigenvalue weighted by molar-refractivity contribution is -0.120. The summed E-state index contributed by atoms with van der Waals surface area (Å²) >= 11 is 0. The van der Waals surface area contributed by atoms with Gasteiger partial charge in [-0.2, -0.15) is 0 Å². The fourth-order valence-electron chi connectivity index (χ4n) is 3.97. The number of hydrogen-bond acceptors (Lipinski definition) is 1. The Morgan fingerprint density at radius 1 is 1.47 bits per heavy atom. The predicted molar refractivity (Wildman–Crippen MR) is 70.7 cm³/mol. The molecule has 1 aliphatic heterocycles. The van der Waals surface area contributed by atoms with E-state index in [0.29, 0.717) is 23.3 Å². The molecule has 1 aliphatic carbocycles. The molecule has 98 valence electrons. The highest BCUT2D eigenvalue weighted by molar-refractivity contribution is 5.80. The van der Waals surface area contributed by atoms with Crippen molar-refractivity contribution < 1.29 is 4.79 Å². The molecular weight excluding hydrogens is 210 g/mol. The summed E-state index contributed by atoms with van der Waals surface area (Å²) in [6.07, 6.45) is 8.47. The Labute approximate surface area is 106 Å². The van der Waals surface area contributed by atoms with E-state index in [1.807, 2.05) is 0 Å². The maximum atomic E-state index is 11.8. The van der Waals surface area contributed by atoms with Gasteiger partial charge >= 0.3 is 0 Å². The normalized spacial score (nSPS) is 37.8. The van der Waals surface area contributed by atoms with Gasteiger partial charge in [-0.25, -0.2) is 0 Å². The highest BCUT2D eigenvalue weighted by atomic mass is 16.2. The van der Waals surface area contributed by atoms with Crippen LogP contribution in [-0.2, 0) is 4.79 Å². The van der Waals surface area contributed by atoms with E-state index < -0.39 is 0 Å². The van der Waals surface area contributed by atoms with Crippen LogP contribution in [-0.4, -0.2) is 11.9 Å². The summed E-state index contributed by atoms with van der Waals surface area (Å²) in [6.45, 7) is 6.82. The minimum Gasteiger partial charge on any atom is -0.353 e. The van der Waals surface area contributed by atoms with Gasteiger partial charge in [0.05, 0.1) is 0 Å². The molecule has 17 heavy (non-hydrogen) atoms. The second-order valence-electron chi connectivity index (χ2n) is 6.66. The molecule has 2 nitrogen and oxygen atoms in total. The lowest BCUT2D eigenvalue weighted by Gasteiger charge is -2.41. The zero-order valence-corrected chi connectivity index (χ0v) is 11.6. The van der Waals surface area contributed by atoms with Crippen LogP contribution in [0.3, 0.4) is 0 Å². The van der Waals surface area contributed by atoms with Crippen LogP contribution < -0.4 is 5.32 Å². The maximum absolute atomic E-state index is 11.8. The van der Waals surface area contributed by atoms with Crippen LogP contribution in [0.1, 0.15) is 65.7 Å². The average Bonchev–Trinajstić information content (AvgIpc) is 2.54. The molecule has 1 saturated heterocycles. The fraction of sp³-hybridized carbons (Fsp3) is 0.933. The van der Waals surface area contributed by atoms with Crippen LogP contribution in [0.5, 0.6) is 0 Å². The third-order valence-electron chi connectivity index (χ3n) is 4.85. The quantitative estimate of drug-likeness (QED) is 0.799. The monoisotopic (exact) mass is 237 g/mol. The van der Waals surface area contributed by atoms with Gasteiger partial charge in [0.15, 0.2) is 0 Å². The lowest BCUT2D eigenvalue weighted by atomic mass is 9.64. The van der Waals surface area contributed by atoms with Gasteiger partial charge in [0.25, 0.3) is 0 Å². The van der Waals surface area contributed by atoms with Crippen molar-refractivity contribution in [2.75, 3.05) is 0 Å². The Morgan fingerprint density at radius 2 is 2.24 bits per heavy atom. The van der Waals surface area contributed by atoms with Gasteiger partial charge in [-0.05, 0) is 36.5 Å². The molecule has 0 bridgehead atoms. The Balaban J connectivity index is 2.11. The molecule has 1 amide bonds. The molecule has 0 aromatic rings. The van der Waals surface area contributed by atoms with Gasteiger partial charge in [0.2, 0.25) is 5.91 Å². The fourth-order valence-corrected chi connectivity index (χ4v) is 3.97. The minimum atomic E-state index is 0.299. The molecule has 3 atom stereocenters. The molecule has 2 rings (SSSR count). The van der Waals surface area contributed by atoms with E-state index in [4.69, 9.17) is 0 Å². The van der Waals surface area contributed by atoms with Crippen LogP contribution in [0.4, 0.5) is 0 Å². The van der Waals surface area contributed by atoms with Crippen molar-refractivity contribution in [3.05, 3.63) is 0 Å². The summed E-state index contributed by atoms with van der Waals surface area (Å²) in [6, 6.07) is 0.448. The van der Waals surface area contributed by atoms with Crippen molar-refractivity contribution >= 4 is 5.91 Å². The average molecular weight is 237 g/mol. The van der Waals surface area contributed by atoms with E-state index >= 15 is 0 Å². The molecule has 1 N–H and O–H groups in total. The van der Waals surface area contributed by atoms with E-state index in [9.17, 15) is 4.79 Å². The molecule has 2 aliphatic rings. The van der Waals surface area contributed by atoms with Gasteiger partial charge in [0.1, 0.15) is 0 Å². The Kier molecular flexibility index (Phi) is 3.79. The number of nitrogens with one attached hydrogen (secondary N) is 1.